The average molecular weight is 364 g/mol. The Bertz CT molecular complexity index is 896. The number of benzene rings is 2. The predicted octanol–water partition coefficient (Wildman–Crippen LogP) is 1.09. The molecule has 2 aromatic carbocycles. The van der Waals surface area contributed by atoms with Crippen LogP contribution in [0, 0.1) is 17.0 Å². The zero-order chi connectivity index (χ0) is 18.6. The summed E-state index contributed by atoms with van der Waals surface area (Å²) in [5.74, 6) is 4.33. The fourth-order valence-corrected chi connectivity index (χ4v) is 3.55. The number of nitrogens with zero attached hydrogens (tertiary/aromatic N) is 2. The Hall–Kier alpha value is -2.98. The highest BCUT2D eigenvalue weighted by Crippen LogP contribution is 2.26. The van der Waals surface area contributed by atoms with E-state index < -0.39 is 27.4 Å². The van der Waals surface area contributed by atoms with Gasteiger partial charge < -0.3 is 0 Å². The Morgan fingerprint density at radius 1 is 1.24 bits per heavy atom. The van der Waals surface area contributed by atoms with E-state index in [0.29, 0.717) is 0 Å². The summed E-state index contributed by atoms with van der Waals surface area (Å²) >= 11 is 0. The van der Waals surface area contributed by atoms with Gasteiger partial charge in [-0.2, -0.15) is 0 Å². The van der Waals surface area contributed by atoms with E-state index in [0.717, 1.165) is 15.9 Å². The lowest BCUT2D eigenvalue weighted by Gasteiger charge is -2.23. The number of sulfonamides is 1. The van der Waals surface area contributed by atoms with Gasteiger partial charge in [-0.05, 0) is 25.1 Å². The molecule has 0 aliphatic heterocycles. The maximum absolute atomic E-state index is 12.9. The van der Waals surface area contributed by atoms with Crippen LogP contribution in [0.3, 0.4) is 0 Å². The smallest absolute Gasteiger partial charge is 0.270 e. The molecule has 2 aromatic rings. The number of nitro benzene ring substituents is 1. The fraction of sp³-hybridized carbons (Fsp3) is 0.133. The fourth-order valence-electron chi connectivity index (χ4n) is 2.09. The van der Waals surface area contributed by atoms with Gasteiger partial charge in [0.25, 0.3) is 21.6 Å². The highest BCUT2D eigenvalue weighted by Gasteiger charge is 2.28. The predicted molar refractivity (Wildman–Crippen MR) is 91.1 cm³/mol. The second-order valence-corrected chi connectivity index (χ2v) is 7.03. The van der Waals surface area contributed by atoms with Crippen molar-refractivity contribution in [3.63, 3.8) is 0 Å². The van der Waals surface area contributed by atoms with Crippen molar-refractivity contribution < 1.29 is 18.1 Å². The molecule has 0 radical (unpaired) electrons. The Morgan fingerprint density at radius 3 is 2.44 bits per heavy atom. The number of hydrogen-bond acceptors (Lipinski definition) is 6. The molecule has 1 amide bonds. The molecule has 0 aliphatic rings. The van der Waals surface area contributed by atoms with Crippen molar-refractivity contribution in [1.82, 2.24) is 5.43 Å². The van der Waals surface area contributed by atoms with Gasteiger partial charge in [0, 0.05) is 12.1 Å². The first kappa shape index (κ1) is 18.4. The number of aryl methyl sites for hydroxylation is 1. The molecule has 0 bridgehead atoms. The number of nitrogens with two attached hydrogens (primary N) is 1. The van der Waals surface area contributed by atoms with Crippen molar-refractivity contribution >= 4 is 27.3 Å². The Morgan fingerprint density at radius 2 is 1.88 bits per heavy atom. The monoisotopic (exact) mass is 364 g/mol. The summed E-state index contributed by atoms with van der Waals surface area (Å²) in [6.07, 6.45) is 0. The van der Waals surface area contributed by atoms with Gasteiger partial charge in [-0.3, -0.25) is 24.6 Å². The average Bonchev–Trinajstić information content (AvgIpc) is 2.60. The van der Waals surface area contributed by atoms with Gasteiger partial charge >= 0.3 is 0 Å². The number of carbonyl (C=O) groups is 1. The van der Waals surface area contributed by atoms with E-state index in [4.69, 9.17) is 5.84 Å². The second kappa shape index (κ2) is 7.28. The van der Waals surface area contributed by atoms with E-state index in [1.54, 1.807) is 12.1 Å². The molecule has 132 valence electrons. The van der Waals surface area contributed by atoms with E-state index in [1.807, 2.05) is 12.3 Å². The van der Waals surface area contributed by atoms with Gasteiger partial charge in [0.15, 0.2) is 0 Å². The SMILES string of the molecule is Cc1ccc(N(CC(=O)NN)S(=O)(=O)c2cccc([N+](=O)[O-])c2)cc1. The number of amides is 1. The highest BCUT2D eigenvalue weighted by molar-refractivity contribution is 7.92. The first-order valence-corrected chi connectivity index (χ1v) is 8.53. The van der Waals surface area contributed by atoms with Crippen molar-refractivity contribution in [3.05, 3.63) is 64.2 Å². The molecule has 0 aromatic heterocycles. The largest absolute Gasteiger partial charge is 0.293 e. The summed E-state index contributed by atoms with van der Waals surface area (Å²) in [6, 6.07) is 11.1. The number of rotatable bonds is 6. The first-order chi connectivity index (χ1) is 11.8. The molecule has 3 N–H and O–H groups in total. The number of nitrogens with one attached hydrogen (secondary N) is 1. The molecule has 9 nitrogen and oxygen atoms in total. The van der Waals surface area contributed by atoms with Crippen LogP contribution in [0.5, 0.6) is 0 Å². The summed E-state index contributed by atoms with van der Waals surface area (Å²) in [5.41, 5.74) is 2.65. The third-order valence-corrected chi connectivity index (χ3v) is 5.16. The first-order valence-electron chi connectivity index (χ1n) is 7.09. The Balaban J connectivity index is 2.54. The third kappa shape index (κ3) is 4.11. The molecule has 0 saturated heterocycles. The van der Waals surface area contributed by atoms with E-state index >= 15 is 0 Å². The molecule has 0 fully saturated rings. The second-order valence-electron chi connectivity index (χ2n) is 5.17. The van der Waals surface area contributed by atoms with E-state index in [1.165, 1.54) is 30.3 Å². The van der Waals surface area contributed by atoms with E-state index in [9.17, 15) is 23.3 Å². The normalized spacial score (nSPS) is 11.0. The molecule has 2 rings (SSSR count). The number of carbonyl (C=O) groups excluding carboxylic acids is 1. The zero-order valence-electron chi connectivity index (χ0n) is 13.2. The number of nitro groups is 1. The lowest BCUT2D eigenvalue weighted by molar-refractivity contribution is -0.385. The number of hydrazine groups is 1. The van der Waals surface area contributed by atoms with E-state index in [2.05, 4.69) is 0 Å². The lowest BCUT2D eigenvalue weighted by Crippen LogP contribution is -2.43. The lowest BCUT2D eigenvalue weighted by atomic mass is 10.2. The van der Waals surface area contributed by atoms with Crippen LogP contribution >= 0.6 is 0 Å². The minimum atomic E-state index is -4.22. The summed E-state index contributed by atoms with van der Waals surface area (Å²) in [4.78, 5) is 21.6. The molecule has 0 spiro atoms. The number of hydrogen-bond donors (Lipinski definition) is 2. The van der Waals surface area contributed by atoms with Crippen molar-refractivity contribution in [1.29, 1.82) is 0 Å². The summed E-state index contributed by atoms with van der Waals surface area (Å²) in [6.45, 7) is 1.26. The van der Waals surface area contributed by atoms with Crippen LogP contribution in [-0.2, 0) is 14.8 Å². The van der Waals surface area contributed by atoms with Gasteiger partial charge in [-0.1, -0.05) is 23.8 Å². The molecule has 0 atom stereocenters. The summed E-state index contributed by atoms with van der Waals surface area (Å²) in [7, 11) is -4.22. The van der Waals surface area contributed by atoms with Crippen LogP contribution in [0.2, 0.25) is 0 Å². The van der Waals surface area contributed by atoms with Crippen molar-refractivity contribution in [2.75, 3.05) is 10.8 Å². The third-order valence-electron chi connectivity index (χ3n) is 3.39. The maximum atomic E-state index is 12.9. The standard InChI is InChI=1S/C15H16N4O5S/c1-11-5-7-12(8-6-11)18(10-15(20)17-16)25(23,24)14-4-2-3-13(9-14)19(21)22/h2-9H,10,16H2,1H3,(H,17,20). The van der Waals surface area contributed by atoms with Gasteiger partial charge in [0.2, 0.25) is 0 Å². The molecule has 0 aliphatic carbocycles. The quantitative estimate of drug-likeness (QED) is 0.341. The van der Waals surface area contributed by atoms with Crippen molar-refractivity contribution in [2.24, 2.45) is 5.84 Å². The summed E-state index contributed by atoms with van der Waals surface area (Å²) < 4.78 is 26.7. The van der Waals surface area contributed by atoms with Crippen LogP contribution in [0.15, 0.2) is 53.4 Å². The minimum absolute atomic E-state index is 0.237. The maximum Gasteiger partial charge on any atom is 0.270 e. The van der Waals surface area contributed by atoms with Crippen LogP contribution in [0.4, 0.5) is 11.4 Å². The van der Waals surface area contributed by atoms with Gasteiger partial charge in [0.05, 0.1) is 15.5 Å². The minimum Gasteiger partial charge on any atom is -0.293 e. The van der Waals surface area contributed by atoms with Crippen LogP contribution < -0.4 is 15.6 Å². The number of anilines is 1. The van der Waals surface area contributed by atoms with Gasteiger partial charge in [-0.25, -0.2) is 14.3 Å². The molecule has 0 unspecified atom stereocenters. The molecule has 10 heteroatoms. The Kier molecular flexibility index (Phi) is 5.35. The highest BCUT2D eigenvalue weighted by atomic mass is 32.2. The van der Waals surface area contributed by atoms with Gasteiger partial charge in [-0.15, -0.1) is 0 Å². The summed E-state index contributed by atoms with van der Waals surface area (Å²) in [5, 5.41) is 10.9. The van der Waals surface area contributed by atoms with E-state index in [-0.39, 0.29) is 16.3 Å². The molecule has 25 heavy (non-hydrogen) atoms. The molecular weight excluding hydrogens is 348 g/mol. The number of non-ortho nitro benzene ring substituents is 1. The van der Waals surface area contributed by atoms with Crippen molar-refractivity contribution in [2.45, 2.75) is 11.8 Å². The molecular formula is C15H16N4O5S. The van der Waals surface area contributed by atoms with Crippen LogP contribution in [0.25, 0.3) is 0 Å². The molecule has 0 heterocycles. The van der Waals surface area contributed by atoms with Crippen molar-refractivity contribution in [3.8, 4) is 0 Å². The van der Waals surface area contributed by atoms with Gasteiger partial charge in [0.1, 0.15) is 6.54 Å². The molecule has 0 saturated carbocycles. The van der Waals surface area contributed by atoms with Crippen LogP contribution in [-0.4, -0.2) is 25.8 Å². The zero-order valence-corrected chi connectivity index (χ0v) is 14.1. The Labute approximate surface area is 144 Å². The topological polar surface area (TPSA) is 136 Å². The van der Waals surface area contributed by atoms with Crippen LogP contribution in [0.1, 0.15) is 5.56 Å².